The van der Waals surface area contributed by atoms with Crippen molar-refractivity contribution in [2.24, 2.45) is 0 Å². The molecule has 0 aliphatic carbocycles. The number of allylic oxidation sites excluding steroid dienone is 18. The van der Waals surface area contributed by atoms with Crippen LogP contribution in [0.5, 0.6) is 0 Å². The van der Waals surface area contributed by atoms with E-state index in [4.69, 9.17) is 14.2 Å². The summed E-state index contributed by atoms with van der Waals surface area (Å²) in [5.41, 5.74) is 0. The lowest BCUT2D eigenvalue weighted by Crippen LogP contribution is -2.30. The van der Waals surface area contributed by atoms with E-state index < -0.39 is 6.10 Å². The summed E-state index contributed by atoms with van der Waals surface area (Å²) in [7, 11) is 0. The van der Waals surface area contributed by atoms with E-state index in [1.165, 1.54) is 154 Å². The minimum Gasteiger partial charge on any atom is -0.462 e. The number of ether oxygens (including phenoxy) is 3. The highest BCUT2D eigenvalue weighted by molar-refractivity contribution is 5.71. The summed E-state index contributed by atoms with van der Waals surface area (Å²) in [6, 6.07) is 0. The Morgan fingerprint density at radius 3 is 0.842 bits per heavy atom. The average molecular weight is 1060 g/mol. The van der Waals surface area contributed by atoms with E-state index in [9.17, 15) is 14.4 Å². The summed E-state index contributed by atoms with van der Waals surface area (Å²) in [6.45, 7) is 6.45. The third kappa shape index (κ3) is 60.9. The molecule has 0 aromatic carbocycles. The Morgan fingerprint density at radius 1 is 0.276 bits per heavy atom. The van der Waals surface area contributed by atoms with E-state index >= 15 is 0 Å². The lowest BCUT2D eigenvalue weighted by atomic mass is 10.0. The molecule has 76 heavy (non-hydrogen) atoms. The first-order valence-corrected chi connectivity index (χ1v) is 31.9. The maximum Gasteiger partial charge on any atom is 0.306 e. The van der Waals surface area contributed by atoms with Crippen LogP contribution in [0, 0.1) is 0 Å². The van der Waals surface area contributed by atoms with Gasteiger partial charge >= 0.3 is 17.9 Å². The maximum absolute atomic E-state index is 12.8. The quantitative estimate of drug-likeness (QED) is 0.0261. The molecule has 434 valence electrons. The Morgan fingerprint density at radius 2 is 0.526 bits per heavy atom. The Balaban J connectivity index is 4.25. The van der Waals surface area contributed by atoms with E-state index in [0.29, 0.717) is 19.3 Å². The van der Waals surface area contributed by atoms with Crippen LogP contribution >= 0.6 is 0 Å². The summed E-state index contributed by atoms with van der Waals surface area (Å²) in [4.78, 5) is 38.1. The highest BCUT2D eigenvalue weighted by atomic mass is 16.6. The SMILES string of the molecule is CC/C=C\C/C=C\C/C=C\C/C=C\C/C=C\C/C=C\C/C=C\CCCC(=O)OC(COC(=O)CCCCCCCCCC)COC(=O)CCCCCCCCCCCCCCCCC/C=C\C/C=C\CCCCCCC. The molecule has 1 unspecified atom stereocenters. The van der Waals surface area contributed by atoms with Gasteiger partial charge in [-0.3, -0.25) is 14.4 Å². The molecule has 0 aromatic rings. The molecule has 0 radical (unpaired) electrons. The smallest absolute Gasteiger partial charge is 0.306 e. The van der Waals surface area contributed by atoms with Gasteiger partial charge in [0.25, 0.3) is 0 Å². The average Bonchev–Trinajstić information content (AvgIpc) is 3.42. The predicted molar refractivity (Wildman–Crippen MR) is 330 cm³/mol. The molecule has 1 atom stereocenters. The van der Waals surface area contributed by atoms with Gasteiger partial charge in [-0.25, -0.2) is 0 Å². The maximum atomic E-state index is 12.8. The predicted octanol–water partition coefficient (Wildman–Crippen LogP) is 21.8. The summed E-state index contributed by atoms with van der Waals surface area (Å²) in [6.07, 6.45) is 86.9. The first-order chi connectivity index (χ1) is 37.5. The van der Waals surface area contributed by atoms with Crippen molar-refractivity contribution in [3.63, 3.8) is 0 Å². The van der Waals surface area contributed by atoms with Crippen LogP contribution in [0.15, 0.2) is 109 Å². The molecule has 0 fully saturated rings. The van der Waals surface area contributed by atoms with Gasteiger partial charge in [-0.05, 0) is 103 Å². The van der Waals surface area contributed by atoms with E-state index in [1.807, 2.05) is 0 Å². The molecular weight excluding hydrogens is 937 g/mol. The Labute approximate surface area is 470 Å². The van der Waals surface area contributed by atoms with Crippen LogP contribution in [0.1, 0.15) is 297 Å². The van der Waals surface area contributed by atoms with Crippen molar-refractivity contribution in [3.8, 4) is 0 Å². The van der Waals surface area contributed by atoms with Crippen molar-refractivity contribution < 1.29 is 28.6 Å². The molecule has 6 heteroatoms. The first-order valence-electron chi connectivity index (χ1n) is 31.9. The van der Waals surface area contributed by atoms with Crippen molar-refractivity contribution in [2.45, 2.75) is 303 Å². The monoisotopic (exact) mass is 1050 g/mol. The number of carbonyl (C=O) groups excluding carboxylic acids is 3. The number of unbranched alkanes of at least 4 members (excludes halogenated alkanes) is 28. The molecule has 6 nitrogen and oxygen atoms in total. The van der Waals surface area contributed by atoms with E-state index in [-0.39, 0.29) is 37.5 Å². The highest BCUT2D eigenvalue weighted by Crippen LogP contribution is 2.16. The second-order valence-corrected chi connectivity index (χ2v) is 20.9. The molecule has 0 saturated carbocycles. The number of carbonyl (C=O) groups is 3. The zero-order valence-electron chi connectivity index (χ0n) is 49.7. The van der Waals surface area contributed by atoms with E-state index in [0.717, 1.165) is 96.3 Å². The van der Waals surface area contributed by atoms with Gasteiger partial charge in [-0.2, -0.15) is 0 Å². The molecule has 0 N–H and O–H groups in total. The van der Waals surface area contributed by atoms with Gasteiger partial charge in [0.15, 0.2) is 6.10 Å². The van der Waals surface area contributed by atoms with Gasteiger partial charge < -0.3 is 14.2 Å². The first kappa shape index (κ1) is 72.1. The Hall–Kier alpha value is -3.93. The van der Waals surface area contributed by atoms with Crippen LogP contribution in [0.3, 0.4) is 0 Å². The summed E-state index contributed by atoms with van der Waals surface area (Å²) in [5, 5.41) is 0. The van der Waals surface area contributed by atoms with Crippen molar-refractivity contribution in [1.82, 2.24) is 0 Å². The van der Waals surface area contributed by atoms with Crippen LogP contribution in [0.2, 0.25) is 0 Å². The molecule has 0 amide bonds. The minimum absolute atomic E-state index is 0.100. The van der Waals surface area contributed by atoms with Gasteiger partial charge in [0, 0.05) is 19.3 Å². The third-order valence-electron chi connectivity index (χ3n) is 13.5. The topological polar surface area (TPSA) is 78.9 Å². The van der Waals surface area contributed by atoms with E-state index in [1.54, 1.807) is 0 Å². The van der Waals surface area contributed by atoms with Crippen LogP contribution in [-0.4, -0.2) is 37.2 Å². The van der Waals surface area contributed by atoms with Crippen LogP contribution in [0.4, 0.5) is 0 Å². The highest BCUT2D eigenvalue weighted by Gasteiger charge is 2.19. The lowest BCUT2D eigenvalue weighted by molar-refractivity contribution is -0.167. The van der Waals surface area contributed by atoms with Crippen molar-refractivity contribution in [3.05, 3.63) is 109 Å². The zero-order chi connectivity index (χ0) is 55.0. The van der Waals surface area contributed by atoms with Gasteiger partial charge in [-0.1, -0.05) is 284 Å². The fourth-order valence-corrected chi connectivity index (χ4v) is 8.76. The molecule has 0 rings (SSSR count). The molecule has 0 heterocycles. The number of rotatable bonds is 57. The van der Waals surface area contributed by atoms with Gasteiger partial charge in [0.05, 0.1) is 0 Å². The summed E-state index contributed by atoms with van der Waals surface area (Å²) < 4.78 is 16.8. The fourth-order valence-electron chi connectivity index (χ4n) is 8.76. The van der Waals surface area contributed by atoms with Gasteiger partial charge in [0.2, 0.25) is 0 Å². The van der Waals surface area contributed by atoms with Crippen LogP contribution < -0.4 is 0 Å². The van der Waals surface area contributed by atoms with E-state index in [2.05, 4.69) is 130 Å². The second kappa shape index (κ2) is 63.6. The molecule has 0 aromatic heterocycles. The normalized spacial score (nSPS) is 12.8. The van der Waals surface area contributed by atoms with Crippen molar-refractivity contribution >= 4 is 17.9 Å². The molecule has 0 spiro atoms. The largest absolute Gasteiger partial charge is 0.462 e. The number of hydrogen-bond donors (Lipinski definition) is 0. The molecule has 0 aliphatic rings. The third-order valence-corrected chi connectivity index (χ3v) is 13.5. The molecular formula is C70H118O6. The Kier molecular flexibility index (Phi) is 60.3. The fraction of sp³-hybridized carbons (Fsp3) is 0.700. The van der Waals surface area contributed by atoms with Crippen molar-refractivity contribution in [1.29, 1.82) is 0 Å². The van der Waals surface area contributed by atoms with Crippen LogP contribution in [0.25, 0.3) is 0 Å². The molecule has 0 aliphatic heterocycles. The molecule has 0 bridgehead atoms. The summed E-state index contributed by atoms with van der Waals surface area (Å²) in [5.74, 6) is -0.959. The lowest BCUT2D eigenvalue weighted by Gasteiger charge is -2.18. The van der Waals surface area contributed by atoms with Gasteiger partial charge in [-0.15, -0.1) is 0 Å². The van der Waals surface area contributed by atoms with Gasteiger partial charge in [0.1, 0.15) is 13.2 Å². The standard InChI is InChI=1S/C70H118O6/c1-4-7-10-13-16-19-21-23-25-27-29-31-33-34-35-36-38-39-41-43-45-47-49-51-54-57-60-63-69(72)75-66-67(65-74-68(71)62-59-56-53-18-15-12-9-6-3)76-70(73)64-61-58-55-52-50-48-46-44-42-40-37-32-30-28-26-24-22-20-17-14-11-8-5-2/h8,11,17,20-21,23-24,26-27,29-30,32,40,42,46,48,52,55,67H,4-7,9-10,12-16,18-19,22,25,28,31,33-39,41,43-45,47,49-51,53-54,56-66H2,1-3H3/b11-8-,20-17-,23-21-,26-24-,29-27-,32-30-,42-40-,48-46-,55-52-. The van der Waals surface area contributed by atoms with Crippen LogP contribution in [-0.2, 0) is 28.6 Å². The number of hydrogen-bond acceptors (Lipinski definition) is 6. The summed E-state index contributed by atoms with van der Waals surface area (Å²) >= 11 is 0. The van der Waals surface area contributed by atoms with Crippen molar-refractivity contribution in [2.75, 3.05) is 13.2 Å². The Bertz CT molecular complexity index is 1540. The zero-order valence-corrected chi connectivity index (χ0v) is 49.7. The minimum atomic E-state index is -0.808. The number of esters is 3. The second-order valence-electron chi connectivity index (χ2n) is 20.9. The molecule has 0 saturated heterocycles.